The fourth-order valence-corrected chi connectivity index (χ4v) is 3.98. The van der Waals surface area contributed by atoms with Gasteiger partial charge < -0.3 is 4.57 Å². The Balaban J connectivity index is 1.78. The van der Waals surface area contributed by atoms with E-state index in [0.29, 0.717) is 6.42 Å². The number of pyridine rings is 1. The monoisotopic (exact) mass is 341 g/mol. The van der Waals surface area contributed by atoms with Gasteiger partial charge in [0.1, 0.15) is 0 Å². The SMILES string of the molecule is Cc1c2cn(CCCCCC#N)ccc2c(C)c2c1nc1ccccc12. The zero-order valence-electron chi connectivity index (χ0n) is 15.4. The van der Waals surface area contributed by atoms with E-state index in [1.807, 2.05) is 0 Å². The van der Waals surface area contributed by atoms with Crippen molar-refractivity contribution >= 4 is 32.6 Å². The zero-order chi connectivity index (χ0) is 18.1. The lowest BCUT2D eigenvalue weighted by molar-refractivity contribution is 0.591. The van der Waals surface area contributed by atoms with Gasteiger partial charge in [-0.2, -0.15) is 5.26 Å². The fraction of sp³-hybridized carbons (Fsp3) is 0.304. The van der Waals surface area contributed by atoms with Gasteiger partial charge in [-0.3, -0.25) is 0 Å². The van der Waals surface area contributed by atoms with Gasteiger partial charge in [-0.15, -0.1) is 0 Å². The lowest BCUT2D eigenvalue weighted by Gasteiger charge is -2.13. The number of hydrogen-bond acceptors (Lipinski definition) is 2. The summed E-state index contributed by atoms with van der Waals surface area (Å²) >= 11 is 0. The highest BCUT2D eigenvalue weighted by atomic mass is 14.9. The minimum atomic E-state index is 0.662. The Hall–Kier alpha value is -2.86. The highest BCUT2D eigenvalue weighted by Gasteiger charge is 2.14. The molecule has 0 aliphatic carbocycles. The van der Waals surface area contributed by atoms with E-state index >= 15 is 0 Å². The third-order valence-electron chi connectivity index (χ3n) is 5.40. The number of aryl methyl sites for hydroxylation is 3. The first kappa shape index (κ1) is 16.6. The molecule has 0 unspecified atom stereocenters. The molecule has 0 radical (unpaired) electrons. The van der Waals surface area contributed by atoms with Crippen molar-refractivity contribution in [3.8, 4) is 6.07 Å². The van der Waals surface area contributed by atoms with Crippen LogP contribution in [0, 0.1) is 25.2 Å². The van der Waals surface area contributed by atoms with Crippen molar-refractivity contribution in [1.82, 2.24) is 9.55 Å². The molecular weight excluding hydrogens is 318 g/mol. The highest BCUT2D eigenvalue weighted by molar-refractivity contribution is 6.16. The van der Waals surface area contributed by atoms with Crippen LogP contribution >= 0.6 is 0 Å². The lowest BCUT2D eigenvalue weighted by atomic mass is 9.97. The van der Waals surface area contributed by atoms with Crippen molar-refractivity contribution < 1.29 is 0 Å². The molecule has 130 valence electrons. The summed E-state index contributed by atoms with van der Waals surface area (Å²) in [5.74, 6) is 0. The molecule has 0 saturated heterocycles. The predicted octanol–water partition coefficient (Wildman–Crippen LogP) is 6.04. The molecule has 3 nitrogen and oxygen atoms in total. The van der Waals surface area contributed by atoms with Crippen LogP contribution in [0.25, 0.3) is 32.6 Å². The van der Waals surface area contributed by atoms with Crippen LogP contribution in [0.4, 0.5) is 0 Å². The first-order valence-electron chi connectivity index (χ1n) is 9.35. The van der Waals surface area contributed by atoms with Crippen molar-refractivity contribution in [2.45, 2.75) is 46.1 Å². The molecule has 0 fully saturated rings. The number of rotatable bonds is 5. The van der Waals surface area contributed by atoms with Crippen LogP contribution in [0.5, 0.6) is 0 Å². The topological polar surface area (TPSA) is 41.6 Å². The normalized spacial score (nSPS) is 11.4. The molecule has 4 rings (SSSR count). The molecule has 0 bridgehead atoms. The van der Waals surface area contributed by atoms with Crippen molar-refractivity contribution in [3.63, 3.8) is 0 Å². The van der Waals surface area contributed by atoms with Crippen LogP contribution in [0.3, 0.4) is 0 Å². The number of fused-ring (bicyclic) bond motifs is 4. The maximum absolute atomic E-state index is 8.64. The van der Waals surface area contributed by atoms with Crippen molar-refractivity contribution in [2.75, 3.05) is 0 Å². The average Bonchev–Trinajstić information content (AvgIpc) is 3.06. The summed E-state index contributed by atoms with van der Waals surface area (Å²) in [6, 6.07) is 12.9. The minimum Gasteiger partial charge on any atom is -0.354 e. The van der Waals surface area contributed by atoms with Gasteiger partial charge in [-0.25, -0.2) is 4.98 Å². The Morgan fingerprint density at radius 2 is 1.81 bits per heavy atom. The largest absolute Gasteiger partial charge is 0.354 e. The van der Waals surface area contributed by atoms with Gasteiger partial charge in [0.25, 0.3) is 0 Å². The maximum atomic E-state index is 8.64. The van der Waals surface area contributed by atoms with Gasteiger partial charge in [0.05, 0.1) is 17.1 Å². The summed E-state index contributed by atoms with van der Waals surface area (Å²) < 4.78 is 2.27. The highest BCUT2D eigenvalue weighted by Crippen LogP contribution is 2.36. The Morgan fingerprint density at radius 1 is 0.962 bits per heavy atom. The summed E-state index contributed by atoms with van der Waals surface area (Å²) in [7, 11) is 0. The lowest BCUT2D eigenvalue weighted by Crippen LogP contribution is -1.99. The number of hydrogen-bond donors (Lipinski definition) is 0. The number of unbranched alkanes of at least 4 members (excludes halogenated alkanes) is 3. The molecule has 0 atom stereocenters. The van der Waals surface area contributed by atoms with E-state index in [2.05, 4.69) is 67.2 Å². The number of para-hydroxylation sites is 1. The molecule has 0 aliphatic rings. The number of nitrogens with zero attached hydrogens (tertiary/aromatic N) is 3. The van der Waals surface area contributed by atoms with E-state index in [-0.39, 0.29) is 0 Å². The molecule has 2 aromatic carbocycles. The molecule has 0 N–H and O–H groups in total. The predicted molar refractivity (Wildman–Crippen MR) is 108 cm³/mol. The van der Waals surface area contributed by atoms with E-state index in [1.165, 1.54) is 32.7 Å². The first-order chi connectivity index (χ1) is 12.7. The Morgan fingerprint density at radius 3 is 2.65 bits per heavy atom. The van der Waals surface area contributed by atoms with E-state index < -0.39 is 0 Å². The maximum Gasteiger partial charge on any atom is 0.0755 e. The van der Waals surface area contributed by atoms with Gasteiger partial charge >= 0.3 is 0 Å². The summed E-state index contributed by atoms with van der Waals surface area (Å²) in [5.41, 5.74) is 4.78. The third-order valence-corrected chi connectivity index (χ3v) is 5.40. The van der Waals surface area contributed by atoms with Crippen molar-refractivity contribution in [1.29, 1.82) is 5.26 Å². The fourth-order valence-electron chi connectivity index (χ4n) is 3.98. The van der Waals surface area contributed by atoms with Crippen LogP contribution < -0.4 is 0 Å². The molecule has 4 aromatic rings. The summed E-state index contributed by atoms with van der Waals surface area (Å²) in [6.45, 7) is 5.39. The van der Waals surface area contributed by atoms with Crippen molar-refractivity contribution in [3.05, 3.63) is 53.9 Å². The van der Waals surface area contributed by atoms with Gasteiger partial charge in [0.2, 0.25) is 0 Å². The second kappa shape index (κ2) is 6.80. The van der Waals surface area contributed by atoms with Gasteiger partial charge in [-0.05, 0) is 55.3 Å². The van der Waals surface area contributed by atoms with Crippen LogP contribution in [0.15, 0.2) is 42.7 Å². The Kier molecular flexibility index (Phi) is 4.34. The molecule has 2 aromatic heterocycles. The summed E-state index contributed by atoms with van der Waals surface area (Å²) in [4.78, 5) is 4.91. The summed E-state index contributed by atoms with van der Waals surface area (Å²) in [6.07, 6.45) is 8.31. The van der Waals surface area contributed by atoms with Crippen molar-refractivity contribution in [2.24, 2.45) is 0 Å². The first-order valence-corrected chi connectivity index (χ1v) is 9.35. The average molecular weight is 341 g/mol. The number of benzene rings is 2. The minimum absolute atomic E-state index is 0.662. The standard InChI is InChI=1S/C23H23N3/c1-16-18-11-14-26(13-8-4-3-7-12-24)15-20(18)17(2)23-22(16)19-9-5-6-10-21(19)25-23/h5-6,9-11,14-15H,3-4,7-8,13H2,1-2H3. The van der Waals surface area contributed by atoms with Gasteiger partial charge in [0.15, 0.2) is 0 Å². The molecule has 0 spiro atoms. The molecule has 0 aliphatic heterocycles. The van der Waals surface area contributed by atoms with E-state index in [1.54, 1.807) is 0 Å². The van der Waals surface area contributed by atoms with Crippen LogP contribution in [0.2, 0.25) is 0 Å². The Labute approximate surface area is 153 Å². The molecule has 3 heteroatoms. The molecular formula is C23H23N3. The van der Waals surface area contributed by atoms with Crippen LogP contribution in [0.1, 0.15) is 36.8 Å². The smallest absolute Gasteiger partial charge is 0.0755 e. The quantitative estimate of drug-likeness (QED) is 0.415. The van der Waals surface area contributed by atoms with Crippen LogP contribution in [-0.2, 0) is 6.54 Å². The number of aromatic nitrogens is 2. The van der Waals surface area contributed by atoms with Gasteiger partial charge in [-0.1, -0.05) is 24.6 Å². The third kappa shape index (κ3) is 2.72. The summed E-state index contributed by atoms with van der Waals surface area (Å²) in [5, 5.41) is 13.8. The zero-order valence-corrected chi connectivity index (χ0v) is 15.4. The van der Waals surface area contributed by atoms with E-state index in [4.69, 9.17) is 10.2 Å². The second-order valence-electron chi connectivity index (χ2n) is 7.08. The van der Waals surface area contributed by atoms with Gasteiger partial charge in [0, 0.05) is 41.5 Å². The number of nitriles is 1. The second-order valence-corrected chi connectivity index (χ2v) is 7.08. The van der Waals surface area contributed by atoms with E-state index in [0.717, 1.165) is 36.8 Å². The Bertz CT molecular complexity index is 1150. The molecule has 2 heterocycles. The van der Waals surface area contributed by atoms with Crippen LogP contribution in [-0.4, -0.2) is 9.55 Å². The van der Waals surface area contributed by atoms with E-state index in [9.17, 15) is 0 Å². The molecule has 0 amide bonds. The molecule has 26 heavy (non-hydrogen) atoms. The molecule has 0 saturated carbocycles.